The van der Waals surface area contributed by atoms with E-state index in [1.165, 1.54) is 0 Å². The van der Waals surface area contributed by atoms with Gasteiger partial charge in [0.15, 0.2) is 0 Å². The van der Waals surface area contributed by atoms with E-state index in [0.29, 0.717) is 6.61 Å². The molecule has 1 N–H and O–H groups in total. The highest BCUT2D eigenvalue weighted by Crippen LogP contribution is 2.17. The second kappa shape index (κ2) is 4.46. The van der Waals surface area contributed by atoms with Gasteiger partial charge in [0.25, 0.3) is 0 Å². The van der Waals surface area contributed by atoms with Gasteiger partial charge in [0.2, 0.25) is 0 Å². The normalized spacial score (nSPS) is 22.6. The van der Waals surface area contributed by atoms with Crippen molar-refractivity contribution in [3.63, 3.8) is 0 Å². The summed E-state index contributed by atoms with van der Waals surface area (Å²) in [6.45, 7) is 5.49. The van der Waals surface area contributed by atoms with Crippen molar-refractivity contribution in [2.75, 3.05) is 20.2 Å². The lowest BCUT2D eigenvalue weighted by Crippen LogP contribution is -2.40. The Morgan fingerprint density at radius 3 is 2.92 bits per heavy atom. The minimum absolute atomic E-state index is 0.170. The molecule has 76 valence electrons. The highest BCUT2D eigenvalue weighted by Gasteiger charge is 2.33. The quantitative estimate of drug-likeness (QED) is 0.707. The molecule has 0 aromatic heterocycles. The smallest absolute Gasteiger partial charge is 0.410 e. The van der Waals surface area contributed by atoms with Crippen LogP contribution in [-0.4, -0.2) is 43.3 Å². The summed E-state index contributed by atoms with van der Waals surface area (Å²) in [6, 6.07) is 0.483. The first-order valence-corrected chi connectivity index (χ1v) is 4.76. The molecule has 0 aliphatic carbocycles. The zero-order chi connectivity index (χ0) is 9.84. The molecule has 13 heavy (non-hydrogen) atoms. The third kappa shape index (κ3) is 2.34. The van der Waals surface area contributed by atoms with Crippen LogP contribution in [0, 0.1) is 0 Å². The molecule has 0 spiro atoms. The summed E-state index contributed by atoms with van der Waals surface area (Å²) in [4.78, 5) is 13.1. The van der Waals surface area contributed by atoms with Crippen LogP contribution in [0.3, 0.4) is 0 Å². The molecule has 0 aromatic carbocycles. The van der Waals surface area contributed by atoms with Crippen molar-refractivity contribution in [2.24, 2.45) is 0 Å². The average Bonchev–Trinajstić information content (AvgIpc) is 2.43. The maximum Gasteiger partial charge on any atom is 0.410 e. The monoisotopic (exact) mass is 186 g/mol. The van der Waals surface area contributed by atoms with E-state index in [9.17, 15) is 4.79 Å². The maximum atomic E-state index is 11.3. The summed E-state index contributed by atoms with van der Waals surface area (Å²) < 4.78 is 5.00. The van der Waals surface area contributed by atoms with Crippen LogP contribution < -0.4 is 5.32 Å². The Morgan fingerprint density at radius 1 is 1.69 bits per heavy atom. The molecule has 1 unspecified atom stereocenters. The summed E-state index contributed by atoms with van der Waals surface area (Å²) in [5.74, 6) is 0. The van der Waals surface area contributed by atoms with Crippen LogP contribution in [0.5, 0.6) is 0 Å². The van der Waals surface area contributed by atoms with Crippen molar-refractivity contribution in [1.82, 2.24) is 10.2 Å². The fourth-order valence-electron chi connectivity index (χ4n) is 1.64. The van der Waals surface area contributed by atoms with Crippen LogP contribution in [0.4, 0.5) is 4.79 Å². The molecule has 4 heteroatoms. The Labute approximate surface area is 79.2 Å². The molecule has 1 rings (SSSR count). The van der Waals surface area contributed by atoms with Gasteiger partial charge in [0, 0.05) is 6.04 Å². The highest BCUT2D eigenvalue weighted by molar-refractivity contribution is 5.70. The van der Waals surface area contributed by atoms with E-state index in [1.807, 2.05) is 25.8 Å². The summed E-state index contributed by atoms with van der Waals surface area (Å²) in [5, 5.41) is 3.08. The SMILES string of the molecule is CNCCC1COC(=O)N1C(C)C. The number of amides is 1. The molecule has 0 bridgehead atoms. The number of nitrogens with zero attached hydrogens (tertiary/aromatic N) is 1. The molecular weight excluding hydrogens is 168 g/mol. The minimum Gasteiger partial charge on any atom is -0.447 e. The molecular formula is C9H18N2O2. The van der Waals surface area contributed by atoms with Crippen LogP contribution in [0.1, 0.15) is 20.3 Å². The molecule has 4 nitrogen and oxygen atoms in total. The number of nitrogens with one attached hydrogen (secondary N) is 1. The first kappa shape index (κ1) is 10.3. The van der Waals surface area contributed by atoms with Crippen LogP contribution in [0.25, 0.3) is 0 Å². The summed E-state index contributed by atoms with van der Waals surface area (Å²) in [7, 11) is 1.91. The molecule has 1 aliphatic heterocycles. The Hall–Kier alpha value is -0.770. The largest absolute Gasteiger partial charge is 0.447 e. The number of ether oxygens (including phenoxy) is 1. The Balaban J connectivity index is 2.49. The number of carbonyl (C=O) groups is 1. The zero-order valence-corrected chi connectivity index (χ0v) is 8.54. The zero-order valence-electron chi connectivity index (χ0n) is 8.54. The predicted molar refractivity (Wildman–Crippen MR) is 50.7 cm³/mol. The van der Waals surface area contributed by atoms with Gasteiger partial charge in [-0.25, -0.2) is 4.79 Å². The van der Waals surface area contributed by atoms with E-state index in [2.05, 4.69) is 5.32 Å². The molecule has 0 radical (unpaired) electrons. The summed E-state index contributed by atoms with van der Waals surface area (Å²) in [5.41, 5.74) is 0. The number of cyclic esters (lactones) is 1. The van der Waals surface area contributed by atoms with Crippen molar-refractivity contribution in [2.45, 2.75) is 32.4 Å². The fraction of sp³-hybridized carbons (Fsp3) is 0.889. The standard InChI is InChI=1S/C9H18N2O2/c1-7(2)11-8(4-5-10-3)6-13-9(11)12/h7-8,10H,4-6H2,1-3H3. The van der Waals surface area contributed by atoms with Gasteiger partial charge in [-0.2, -0.15) is 0 Å². The lowest BCUT2D eigenvalue weighted by molar-refractivity contribution is 0.149. The molecule has 1 amide bonds. The average molecular weight is 186 g/mol. The summed E-state index contributed by atoms with van der Waals surface area (Å²) >= 11 is 0. The van der Waals surface area contributed by atoms with Crippen LogP contribution in [0.2, 0.25) is 0 Å². The fourth-order valence-corrected chi connectivity index (χ4v) is 1.64. The lowest BCUT2D eigenvalue weighted by Gasteiger charge is -2.24. The molecule has 1 heterocycles. The number of hydrogen-bond acceptors (Lipinski definition) is 3. The van der Waals surface area contributed by atoms with Crippen LogP contribution >= 0.6 is 0 Å². The maximum absolute atomic E-state index is 11.3. The van der Waals surface area contributed by atoms with E-state index >= 15 is 0 Å². The summed E-state index contributed by atoms with van der Waals surface area (Å²) in [6.07, 6.45) is 0.788. The second-order valence-corrected chi connectivity index (χ2v) is 3.62. The number of hydrogen-bond donors (Lipinski definition) is 1. The molecule has 1 aliphatic rings. The Bertz CT molecular complexity index is 182. The van der Waals surface area contributed by atoms with Crippen LogP contribution in [0.15, 0.2) is 0 Å². The van der Waals surface area contributed by atoms with Crippen LogP contribution in [-0.2, 0) is 4.74 Å². The Morgan fingerprint density at radius 2 is 2.38 bits per heavy atom. The van der Waals surface area contributed by atoms with Gasteiger partial charge in [-0.3, -0.25) is 4.90 Å². The van der Waals surface area contributed by atoms with Crippen molar-refractivity contribution in [3.05, 3.63) is 0 Å². The first-order chi connectivity index (χ1) is 6.16. The lowest BCUT2D eigenvalue weighted by atomic mass is 10.1. The number of rotatable bonds is 4. The van der Waals surface area contributed by atoms with Crippen molar-refractivity contribution in [3.8, 4) is 0 Å². The van der Waals surface area contributed by atoms with E-state index in [-0.39, 0.29) is 18.2 Å². The van der Waals surface area contributed by atoms with Gasteiger partial charge in [-0.1, -0.05) is 0 Å². The van der Waals surface area contributed by atoms with Crippen molar-refractivity contribution >= 4 is 6.09 Å². The van der Waals surface area contributed by atoms with E-state index in [0.717, 1.165) is 13.0 Å². The number of carbonyl (C=O) groups excluding carboxylic acids is 1. The third-order valence-electron chi connectivity index (χ3n) is 2.29. The van der Waals surface area contributed by atoms with Gasteiger partial charge in [-0.05, 0) is 33.9 Å². The second-order valence-electron chi connectivity index (χ2n) is 3.62. The van der Waals surface area contributed by atoms with Gasteiger partial charge in [0.1, 0.15) is 6.61 Å². The third-order valence-corrected chi connectivity index (χ3v) is 2.29. The van der Waals surface area contributed by atoms with Gasteiger partial charge < -0.3 is 10.1 Å². The highest BCUT2D eigenvalue weighted by atomic mass is 16.6. The Kier molecular flexibility index (Phi) is 3.54. The predicted octanol–water partition coefficient (Wildman–Crippen LogP) is 0.825. The van der Waals surface area contributed by atoms with E-state index in [1.54, 1.807) is 0 Å². The van der Waals surface area contributed by atoms with Crippen molar-refractivity contribution in [1.29, 1.82) is 0 Å². The van der Waals surface area contributed by atoms with E-state index < -0.39 is 0 Å². The first-order valence-electron chi connectivity index (χ1n) is 4.76. The topological polar surface area (TPSA) is 41.6 Å². The van der Waals surface area contributed by atoms with Gasteiger partial charge in [0.05, 0.1) is 6.04 Å². The van der Waals surface area contributed by atoms with Crippen molar-refractivity contribution < 1.29 is 9.53 Å². The van der Waals surface area contributed by atoms with Gasteiger partial charge >= 0.3 is 6.09 Å². The molecule has 1 atom stereocenters. The van der Waals surface area contributed by atoms with Gasteiger partial charge in [-0.15, -0.1) is 0 Å². The molecule has 0 saturated carbocycles. The van der Waals surface area contributed by atoms with E-state index in [4.69, 9.17) is 4.74 Å². The molecule has 0 aromatic rings. The molecule has 1 fully saturated rings. The minimum atomic E-state index is -0.170. The molecule has 1 saturated heterocycles.